The first-order chi connectivity index (χ1) is 11.2. The maximum absolute atomic E-state index is 6.02. The predicted molar refractivity (Wildman–Crippen MR) is 104 cm³/mol. The van der Waals surface area contributed by atoms with Crippen molar-refractivity contribution < 1.29 is 4.42 Å². The van der Waals surface area contributed by atoms with E-state index in [1.165, 1.54) is 10.9 Å². The summed E-state index contributed by atoms with van der Waals surface area (Å²) in [6.45, 7) is 14.0. The third kappa shape index (κ3) is 3.85. The van der Waals surface area contributed by atoms with Gasteiger partial charge in [-0.1, -0.05) is 45.9 Å². The quantitative estimate of drug-likeness (QED) is 0.640. The van der Waals surface area contributed by atoms with E-state index in [2.05, 4.69) is 84.8 Å². The van der Waals surface area contributed by atoms with Crippen LogP contribution in [0.3, 0.4) is 0 Å². The summed E-state index contributed by atoms with van der Waals surface area (Å²) in [5, 5.41) is 1.29. The highest BCUT2D eigenvalue weighted by Gasteiger charge is 2.31. The number of rotatable bonds is 7. The fraction of sp³-hybridized carbons (Fsp3) is 0.636. The minimum Gasteiger partial charge on any atom is -0.461 e. The monoisotopic (exact) mass is 329 g/mol. The van der Waals surface area contributed by atoms with Crippen LogP contribution in [0.4, 0.5) is 0 Å². The Balaban J connectivity index is 2.38. The van der Waals surface area contributed by atoms with Crippen LogP contribution in [0.1, 0.15) is 45.9 Å². The molecule has 24 heavy (non-hydrogen) atoms. The maximum Gasteiger partial charge on any atom is 0.134 e. The van der Waals surface area contributed by atoms with E-state index in [-0.39, 0.29) is 0 Å². The van der Waals surface area contributed by atoms with Gasteiger partial charge in [-0.25, -0.2) is 0 Å². The van der Waals surface area contributed by atoms with Crippen molar-refractivity contribution in [2.75, 3.05) is 14.1 Å². The van der Waals surface area contributed by atoms with Crippen molar-refractivity contribution in [1.82, 2.24) is 4.90 Å². The van der Waals surface area contributed by atoms with Crippen LogP contribution in [-0.4, -0.2) is 25.0 Å². The van der Waals surface area contributed by atoms with E-state index in [1.807, 2.05) is 0 Å². The zero-order valence-electron chi connectivity index (χ0n) is 16.8. The second kappa shape index (κ2) is 7.74. The highest BCUT2D eigenvalue weighted by molar-refractivity contribution is 5.82. The molecule has 2 heteroatoms. The standard InChI is InChI=1S/C22H35NO/c1-14(2)15(3)20(16(4)17(5)23(7)8)13-21-18(6)24-22-12-10-9-11-19(21)22/h9-12,14-17,20H,13H2,1-8H3/t15-,16+,17?,20-/m0/s1. The molecule has 0 spiro atoms. The molecule has 0 aliphatic carbocycles. The van der Waals surface area contributed by atoms with Crippen molar-refractivity contribution in [3.05, 3.63) is 35.6 Å². The molecule has 0 N–H and O–H groups in total. The van der Waals surface area contributed by atoms with Gasteiger partial charge in [-0.05, 0) is 64.1 Å². The molecule has 0 aliphatic heterocycles. The zero-order chi connectivity index (χ0) is 18.0. The van der Waals surface area contributed by atoms with Gasteiger partial charge in [-0.2, -0.15) is 0 Å². The Labute approximate surface area is 148 Å². The van der Waals surface area contributed by atoms with Crippen molar-refractivity contribution in [1.29, 1.82) is 0 Å². The van der Waals surface area contributed by atoms with E-state index < -0.39 is 0 Å². The third-order valence-electron chi connectivity index (χ3n) is 6.32. The lowest BCUT2D eigenvalue weighted by molar-refractivity contribution is 0.125. The molecule has 0 saturated carbocycles. The molecule has 134 valence electrons. The number of furan rings is 1. The van der Waals surface area contributed by atoms with E-state index >= 15 is 0 Å². The van der Waals surface area contributed by atoms with Gasteiger partial charge in [-0.15, -0.1) is 0 Å². The van der Waals surface area contributed by atoms with Crippen molar-refractivity contribution in [2.45, 2.75) is 54.0 Å². The van der Waals surface area contributed by atoms with E-state index in [0.717, 1.165) is 17.8 Å². The molecule has 2 aromatic rings. The molecule has 0 amide bonds. The lowest BCUT2D eigenvalue weighted by Crippen LogP contribution is -2.39. The SMILES string of the molecule is Cc1oc2ccccc2c1C[C@H]([C@H](C)C(C)N(C)C)[C@@H](C)C(C)C. The van der Waals surface area contributed by atoms with Gasteiger partial charge < -0.3 is 9.32 Å². The molecular weight excluding hydrogens is 294 g/mol. The number of hydrogen-bond donors (Lipinski definition) is 0. The number of hydrogen-bond acceptors (Lipinski definition) is 2. The van der Waals surface area contributed by atoms with Crippen molar-refractivity contribution in [3.8, 4) is 0 Å². The van der Waals surface area contributed by atoms with Crippen LogP contribution in [0.25, 0.3) is 11.0 Å². The summed E-state index contributed by atoms with van der Waals surface area (Å²) < 4.78 is 6.02. The van der Waals surface area contributed by atoms with E-state index in [9.17, 15) is 0 Å². The molecule has 0 aliphatic rings. The van der Waals surface area contributed by atoms with Crippen LogP contribution in [0, 0.1) is 30.6 Å². The lowest BCUT2D eigenvalue weighted by atomic mass is 9.72. The Bertz CT molecular complexity index is 655. The largest absolute Gasteiger partial charge is 0.461 e. The Kier molecular flexibility index (Phi) is 6.14. The zero-order valence-corrected chi connectivity index (χ0v) is 16.8. The molecule has 0 radical (unpaired) electrons. The summed E-state index contributed by atoms with van der Waals surface area (Å²) in [7, 11) is 4.38. The van der Waals surface area contributed by atoms with E-state index in [0.29, 0.717) is 29.7 Å². The van der Waals surface area contributed by atoms with E-state index in [1.54, 1.807) is 0 Å². The van der Waals surface area contributed by atoms with Gasteiger partial charge >= 0.3 is 0 Å². The lowest BCUT2D eigenvalue weighted by Gasteiger charge is -2.38. The first-order valence-electron chi connectivity index (χ1n) is 9.37. The van der Waals surface area contributed by atoms with Crippen LogP contribution >= 0.6 is 0 Å². The molecule has 1 aromatic heterocycles. The predicted octanol–water partition coefficient (Wildman–Crippen LogP) is 5.78. The molecular formula is C22H35NO. The van der Waals surface area contributed by atoms with Gasteiger partial charge in [-0.3, -0.25) is 0 Å². The molecule has 4 atom stereocenters. The number of aryl methyl sites for hydroxylation is 1. The number of nitrogens with zero attached hydrogens (tertiary/aromatic N) is 1. The minimum atomic E-state index is 0.565. The highest BCUT2D eigenvalue weighted by Crippen LogP contribution is 2.36. The van der Waals surface area contributed by atoms with Crippen LogP contribution < -0.4 is 0 Å². The Morgan fingerprint density at radius 3 is 2.17 bits per heavy atom. The molecule has 2 nitrogen and oxygen atoms in total. The average molecular weight is 330 g/mol. The second-order valence-corrected chi connectivity index (χ2v) is 8.17. The smallest absolute Gasteiger partial charge is 0.134 e. The summed E-state index contributed by atoms with van der Waals surface area (Å²) in [6, 6.07) is 9.03. The normalized spacial score (nSPS) is 17.4. The first-order valence-corrected chi connectivity index (χ1v) is 9.37. The van der Waals surface area contributed by atoms with Gasteiger partial charge in [0.2, 0.25) is 0 Å². The van der Waals surface area contributed by atoms with Gasteiger partial charge in [0.15, 0.2) is 0 Å². The van der Waals surface area contributed by atoms with Gasteiger partial charge in [0.25, 0.3) is 0 Å². The molecule has 1 heterocycles. The van der Waals surface area contributed by atoms with Crippen LogP contribution in [0.5, 0.6) is 0 Å². The van der Waals surface area contributed by atoms with Gasteiger partial charge in [0, 0.05) is 17.0 Å². The van der Waals surface area contributed by atoms with Crippen molar-refractivity contribution >= 4 is 11.0 Å². The molecule has 1 unspecified atom stereocenters. The van der Waals surface area contributed by atoms with Gasteiger partial charge in [0.05, 0.1) is 0 Å². The van der Waals surface area contributed by atoms with Crippen LogP contribution in [0.15, 0.2) is 28.7 Å². The fourth-order valence-corrected chi connectivity index (χ4v) is 3.88. The topological polar surface area (TPSA) is 16.4 Å². The van der Waals surface area contributed by atoms with Crippen molar-refractivity contribution in [3.63, 3.8) is 0 Å². The fourth-order valence-electron chi connectivity index (χ4n) is 3.88. The van der Waals surface area contributed by atoms with Gasteiger partial charge in [0.1, 0.15) is 11.3 Å². The summed E-state index contributed by atoms with van der Waals surface area (Å²) >= 11 is 0. The highest BCUT2D eigenvalue weighted by atomic mass is 16.3. The summed E-state index contributed by atoms with van der Waals surface area (Å²) in [4.78, 5) is 2.35. The third-order valence-corrected chi connectivity index (χ3v) is 6.32. The van der Waals surface area contributed by atoms with Crippen molar-refractivity contribution in [2.24, 2.45) is 23.7 Å². The Hall–Kier alpha value is -1.28. The Morgan fingerprint density at radius 1 is 0.958 bits per heavy atom. The number of fused-ring (bicyclic) bond motifs is 1. The van der Waals surface area contributed by atoms with Crippen LogP contribution in [-0.2, 0) is 6.42 Å². The average Bonchev–Trinajstić information content (AvgIpc) is 2.85. The molecule has 0 fully saturated rings. The number of benzene rings is 1. The Morgan fingerprint density at radius 2 is 1.58 bits per heavy atom. The summed E-state index contributed by atoms with van der Waals surface area (Å²) in [5.74, 6) is 3.72. The van der Waals surface area contributed by atoms with Crippen LogP contribution in [0.2, 0.25) is 0 Å². The summed E-state index contributed by atoms with van der Waals surface area (Å²) in [6.07, 6.45) is 1.10. The summed E-state index contributed by atoms with van der Waals surface area (Å²) in [5.41, 5.74) is 2.43. The second-order valence-electron chi connectivity index (χ2n) is 8.17. The molecule has 0 saturated heterocycles. The molecule has 0 bridgehead atoms. The molecule has 1 aromatic carbocycles. The minimum absolute atomic E-state index is 0.565. The maximum atomic E-state index is 6.02. The number of para-hydroxylation sites is 1. The first kappa shape index (κ1) is 19.1. The van der Waals surface area contributed by atoms with E-state index in [4.69, 9.17) is 4.42 Å². The molecule has 2 rings (SSSR count).